The summed E-state index contributed by atoms with van der Waals surface area (Å²) >= 11 is 0. The third-order valence-corrected chi connectivity index (χ3v) is 3.70. The first-order valence-corrected chi connectivity index (χ1v) is 7.08. The number of carboxylic acids is 1. The summed E-state index contributed by atoms with van der Waals surface area (Å²) in [5, 5.41) is 14.6. The van der Waals surface area contributed by atoms with Gasteiger partial charge in [0.05, 0.1) is 12.0 Å². The molecule has 0 saturated carbocycles. The SMILES string of the molecule is CCc1cccc(C)c1NC(=O)NC1C=CC(C(=O)O)C1. The number of aliphatic carboxylic acids is 1. The van der Waals surface area contributed by atoms with Crippen LogP contribution in [-0.4, -0.2) is 23.1 Å². The van der Waals surface area contributed by atoms with Gasteiger partial charge in [0, 0.05) is 5.69 Å². The Hall–Kier alpha value is -2.30. The predicted molar refractivity (Wildman–Crippen MR) is 81.4 cm³/mol. The van der Waals surface area contributed by atoms with E-state index in [2.05, 4.69) is 10.6 Å². The van der Waals surface area contributed by atoms with Gasteiger partial charge in [0.25, 0.3) is 0 Å². The fraction of sp³-hybridized carbons (Fsp3) is 0.375. The van der Waals surface area contributed by atoms with Gasteiger partial charge in [-0.3, -0.25) is 4.79 Å². The highest BCUT2D eigenvalue weighted by Crippen LogP contribution is 2.22. The molecule has 0 aliphatic heterocycles. The fourth-order valence-corrected chi connectivity index (χ4v) is 2.51. The van der Waals surface area contributed by atoms with Crippen LogP contribution in [-0.2, 0) is 11.2 Å². The molecule has 0 saturated heterocycles. The summed E-state index contributed by atoms with van der Waals surface area (Å²) in [5.74, 6) is -1.37. The van der Waals surface area contributed by atoms with Crippen molar-refractivity contribution in [1.82, 2.24) is 5.32 Å². The third-order valence-electron chi connectivity index (χ3n) is 3.70. The highest BCUT2D eigenvalue weighted by atomic mass is 16.4. The standard InChI is InChI=1S/C16H20N2O3/c1-3-11-6-4-5-10(2)14(11)18-16(21)17-13-8-7-12(9-13)15(19)20/h4-8,12-13H,3,9H2,1-2H3,(H,19,20)(H2,17,18,21). The van der Waals surface area contributed by atoms with Crippen molar-refractivity contribution in [3.05, 3.63) is 41.5 Å². The number of carbonyl (C=O) groups is 2. The predicted octanol–water partition coefficient (Wildman–Crippen LogP) is 2.71. The lowest BCUT2D eigenvalue weighted by Crippen LogP contribution is -2.37. The third kappa shape index (κ3) is 3.62. The van der Waals surface area contributed by atoms with Gasteiger partial charge >= 0.3 is 12.0 Å². The van der Waals surface area contributed by atoms with Crippen molar-refractivity contribution in [3.63, 3.8) is 0 Å². The zero-order valence-corrected chi connectivity index (χ0v) is 12.2. The molecule has 21 heavy (non-hydrogen) atoms. The maximum Gasteiger partial charge on any atom is 0.319 e. The molecule has 0 bridgehead atoms. The van der Waals surface area contributed by atoms with Gasteiger partial charge in [-0.25, -0.2) is 4.79 Å². The van der Waals surface area contributed by atoms with E-state index in [-0.39, 0.29) is 12.1 Å². The van der Waals surface area contributed by atoms with Crippen molar-refractivity contribution in [3.8, 4) is 0 Å². The molecule has 2 unspecified atom stereocenters. The van der Waals surface area contributed by atoms with Crippen LogP contribution < -0.4 is 10.6 Å². The van der Waals surface area contributed by atoms with Crippen molar-refractivity contribution < 1.29 is 14.7 Å². The topological polar surface area (TPSA) is 78.4 Å². The Labute approximate surface area is 124 Å². The zero-order chi connectivity index (χ0) is 15.4. The van der Waals surface area contributed by atoms with Gasteiger partial charge in [-0.15, -0.1) is 0 Å². The molecule has 0 fully saturated rings. The van der Waals surface area contributed by atoms with Crippen molar-refractivity contribution >= 4 is 17.7 Å². The number of urea groups is 1. The van der Waals surface area contributed by atoms with E-state index in [1.807, 2.05) is 32.0 Å². The molecule has 0 heterocycles. The molecular weight excluding hydrogens is 268 g/mol. The first kappa shape index (κ1) is 15.1. The maximum absolute atomic E-state index is 12.1. The summed E-state index contributed by atoms with van der Waals surface area (Å²) in [6.45, 7) is 3.99. The molecule has 0 radical (unpaired) electrons. The van der Waals surface area contributed by atoms with Gasteiger partial charge in [0.1, 0.15) is 0 Å². The molecule has 2 rings (SSSR count). The second kappa shape index (κ2) is 6.43. The molecular formula is C16H20N2O3. The Morgan fingerprint density at radius 3 is 2.71 bits per heavy atom. The molecule has 1 aliphatic rings. The van der Waals surface area contributed by atoms with E-state index in [1.165, 1.54) is 0 Å². The fourth-order valence-electron chi connectivity index (χ4n) is 2.51. The molecule has 1 aromatic carbocycles. The maximum atomic E-state index is 12.1. The largest absolute Gasteiger partial charge is 0.481 e. The highest BCUT2D eigenvalue weighted by molar-refractivity contribution is 5.91. The monoisotopic (exact) mass is 288 g/mol. The minimum absolute atomic E-state index is 0.236. The van der Waals surface area contributed by atoms with Crippen LogP contribution in [0, 0.1) is 12.8 Å². The van der Waals surface area contributed by atoms with E-state index in [0.29, 0.717) is 6.42 Å². The van der Waals surface area contributed by atoms with E-state index in [4.69, 9.17) is 5.11 Å². The normalized spacial score (nSPS) is 20.3. The first-order chi connectivity index (χ1) is 10.0. The minimum atomic E-state index is -0.858. The second-order valence-electron chi connectivity index (χ2n) is 5.23. The molecule has 5 heteroatoms. The van der Waals surface area contributed by atoms with E-state index in [9.17, 15) is 9.59 Å². The Morgan fingerprint density at radius 1 is 1.33 bits per heavy atom. The number of para-hydroxylation sites is 1. The first-order valence-electron chi connectivity index (χ1n) is 7.08. The van der Waals surface area contributed by atoms with Crippen LogP contribution in [0.25, 0.3) is 0 Å². The summed E-state index contributed by atoms with van der Waals surface area (Å²) in [7, 11) is 0. The molecule has 0 aromatic heterocycles. The molecule has 1 aliphatic carbocycles. The number of amides is 2. The summed E-state index contributed by atoms with van der Waals surface area (Å²) < 4.78 is 0. The minimum Gasteiger partial charge on any atom is -0.481 e. The van der Waals surface area contributed by atoms with Gasteiger partial charge in [0.2, 0.25) is 0 Å². The number of aryl methyl sites for hydroxylation is 2. The van der Waals surface area contributed by atoms with Crippen LogP contribution >= 0.6 is 0 Å². The number of nitrogens with one attached hydrogen (secondary N) is 2. The molecule has 1 aromatic rings. The van der Waals surface area contributed by atoms with Gasteiger partial charge in [-0.05, 0) is 30.9 Å². The Bertz CT molecular complexity index is 581. The molecule has 3 N–H and O–H groups in total. The molecule has 0 spiro atoms. The molecule has 5 nitrogen and oxygen atoms in total. The highest BCUT2D eigenvalue weighted by Gasteiger charge is 2.25. The van der Waals surface area contributed by atoms with Crippen molar-refractivity contribution in [1.29, 1.82) is 0 Å². The summed E-state index contributed by atoms with van der Waals surface area (Å²) in [4.78, 5) is 22.9. The second-order valence-corrected chi connectivity index (χ2v) is 5.23. The number of benzene rings is 1. The van der Waals surface area contributed by atoms with E-state index in [1.54, 1.807) is 12.2 Å². The van der Waals surface area contributed by atoms with Crippen LogP contribution in [0.4, 0.5) is 10.5 Å². The van der Waals surface area contributed by atoms with Crippen LogP contribution in [0.1, 0.15) is 24.5 Å². The van der Waals surface area contributed by atoms with E-state index in [0.717, 1.165) is 23.2 Å². The van der Waals surface area contributed by atoms with Crippen LogP contribution in [0.5, 0.6) is 0 Å². The number of rotatable bonds is 4. The quantitative estimate of drug-likeness (QED) is 0.745. The van der Waals surface area contributed by atoms with Crippen molar-refractivity contribution in [2.24, 2.45) is 5.92 Å². The van der Waals surface area contributed by atoms with Crippen LogP contribution in [0.2, 0.25) is 0 Å². The smallest absolute Gasteiger partial charge is 0.319 e. The average Bonchev–Trinajstić information content (AvgIpc) is 2.89. The Morgan fingerprint density at radius 2 is 2.10 bits per heavy atom. The molecule has 112 valence electrons. The lowest BCUT2D eigenvalue weighted by molar-refractivity contribution is -0.140. The Balaban J connectivity index is 1.97. The summed E-state index contributed by atoms with van der Waals surface area (Å²) in [6, 6.07) is 5.36. The van der Waals surface area contributed by atoms with Crippen LogP contribution in [0.3, 0.4) is 0 Å². The lowest BCUT2D eigenvalue weighted by atomic mass is 10.1. The van der Waals surface area contributed by atoms with Crippen molar-refractivity contribution in [2.75, 3.05) is 5.32 Å². The number of carbonyl (C=O) groups excluding carboxylic acids is 1. The zero-order valence-electron chi connectivity index (χ0n) is 12.2. The van der Waals surface area contributed by atoms with Gasteiger partial charge < -0.3 is 15.7 Å². The number of hydrogen-bond acceptors (Lipinski definition) is 2. The van der Waals surface area contributed by atoms with Gasteiger partial charge in [-0.1, -0.05) is 37.3 Å². The van der Waals surface area contributed by atoms with Gasteiger partial charge in [-0.2, -0.15) is 0 Å². The van der Waals surface area contributed by atoms with E-state index >= 15 is 0 Å². The van der Waals surface area contributed by atoms with Crippen LogP contribution in [0.15, 0.2) is 30.4 Å². The van der Waals surface area contributed by atoms with Gasteiger partial charge in [0.15, 0.2) is 0 Å². The molecule has 2 amide bonds. The molecule has 2 atom stereocenters. The number of carboxylic acid groups (broad SMARTS) is 1. The summed E-state index contributed by atoms with van der Waals surface area (Å²) in [6.07, 6.45) is 4.59. The lowest BCUT2D eigenvalue weighted by Gasteiger charge is -2.16. The number of anilines is 1. The number of hydrogen-bond donors (Lipinski definition) is 3. The average molecular weight is 288 g/mol. The van der Waals surface area contributed by atoms with Crippen molar-refractivity contribution in [2.45, 2.75) is 32.7 Å². The van der Waals surface area contributed by atoms with E-state index < -0.39 is 11.9 Å². The Kier molecular flexibility index (Phi) is 4.62. The summed E-state index contributed by atoms with van der Waals surface area (Å²) in [5.41, 5.74) is 2.92.